The topological polar surface area (TPSA) is 104 Å². The number of aromatic nitrogens is 4. The minimum Gasteiger partial charge on any atom is -0.435 e. The molecule has 1 aliphatic heterocycles. The molecule has 0 bridgehead atoms. The molecule has 8 heteroatoms. The van der Waals surface area contributed by atoms with E-state index >= 15 is 0 Å². The van der Waals surface area contributed by atoms with Crippen molar-refractivity contribution in [3.63, 3.8) is 0 Å². The molecule has 4 heterocycles. The highest BCUT2D eigenvalue weighted by Crippen LogP contribution is 2.36. The van der Waals surface area contributed by atoms with Gasteiger partial charge >= 0.3 is 0 Å². The van der Waals surface area contributed by atoms with Gasteiger partial charge in [-0.3, -0.25) is 9.88 Å². The smallest absolute Gasteiger partial charge is 0.234 e. The lowest BCUT2D eigenvalue weighted by Crippen LogP contribution is -2.38. The molecule has 0 radical (unpaired) electrons. The van der Waals surface area contributed by atoms with Crippen LogP contribution in [0.15, 0.2) is 95.8 Å². The van der Waals surface area contributed by atoms with E-state index in [0.29, 0.717) is 17.8 Å². The second-order valence-corrected chi connectivity index (χ2v) is 9.57. The number of rotatable bonds is 7. The number of benzene rings is 2. The van der Waals surface area contributed by atoms with Crippen LogP contribution in [0.4, 0.5) is 5.82 Å². The molecule has 8 nitrogen and oxygen atoms in total. The molecule has 2 aromatic carbocycles. The molecule has 1 saturated heterocycles. The Bertz CT molecular complexity index is 1570. The number of pyridine rings is 1. The SMILES string of the molecule is N#Cc1nccc(NC2CCN(Cc3ccc(-c4nc(-c5ccncc5)oc4-c4ccccc4)cc3)CC2)n1. The van der Waals surface area contributed by atoms with Gasteiger partial charge < -0.3 is 9.73 Å². The lowest BCUT2D eigenvalue weighted by Gasteiger charge is -2.32. The number of hydrogen-bond acceptors (Lipinski definition) is 8. The van der Waals surface area contributed by atoms with Crippen LogP contribution in [-0.2, 0) is 6.54 Å². The highest BCUT2D eigenvalue weighted by atomic mass is 16.4. The van der Waals surface area contributed by atoms with E-state index in [-0.39, 0.29) is 5.82 Å². The number of likely N-dealkylation sites (tertiary alicyclic amines) is 1. The zero-order valence-electron chi connectivity index (χ0n) is 21.4. The van der Waals surface area contributed by atoms with Crippen molar-refractivity contribution in [2.75, 3.05) is 18.4 Å². The van der Waals surface area contributed by atoms with E-state index in [0.717, 1.165) is 60.6 Å². The molecule has 5 aromatic rings. The van der Waals surface area contributed by atoms with Crippen molar-refractivity contribution >= 4 is 5.82 Å². The lowest BCUT2D eigenvalue weighted by molar-refractivity contribution is 0.211. The van der Waals surface area contributed by atoms with Crippen LogP contribution >= 0.6 is 0 Å². The van der Waals surface area contributed by atoms with Crippen molar-refractivity contribution < 1.29 is 4.42 Å². The summed E-state index contributed by atoms with van der Waals surface area (Å²) < 4.78 is 6.28. The van der Waals surface area contributed by atoms with Crippen molar-refractivity contribution in [2.45, 2.75) is 25.4 Å². The molecule has 1 N–H and O–H groups in total. The van der Waals surface area contributed by atoms with Gasteiger partial charge in [0.1, 0.15) is 17.6 Å². The van der Waals surface area contributed by atoms with Gasteiger partial charge in [0.25, 0.3) is 0 Å². The molecule has 0 unspecified atom stereocenters. The maximum absolute atomic E-state index is 9.02. The Morgan fingerprint density at radius 2 is 1.62 bits per heavy atom. The summed E-state index contributed by atoms with van der Waals surface area (Å²) >= 11 is 0. The molecule has 0 spiro atoms. The summed E-state index contributed by atoms with van der Waals surface area (Å²) in [6.45, 7) is 2.88. The minimum absolute atomic E-state index is 0.191. The number of nitrogens with one attached hydrogen (secondary N) is 1. The number of hydrogen-bond donors (Lipinski definition) is 1. The van der Waals surface area contributed by atoms with Crippen molar-refractivity contribution in [3.05, 3.63) is 103 Å². The summed E-state index contributed by atoms with van der Waals surface area (Å²) in [5.74, 6) is 2.24. The van der Waals surface area contributed by atoms with Crippen LogP contribution in [0.2, 0.25) is 0 Å². The summed E-state index contributed by atoms with van der Waals surface area (Å²) in [6.07, 6.45) is 7.14. The van der Waals surface area contributed by atoms with Gasteiger partial charge in [0, 0.05) is 61.0 Å². The average Bonchev–Trinajstić information content (AvgIpc) is 3.45. The maximum Gasteiger partial charge on any atom is 0.234 e. The van der Waals surface area contributed by atoms with Gasteiger partial charge in [-0.25, -0.2) is 15.0 Å². The Balaban J connectivity index is 1.14. The van der Waals surface area contributed by atoms with Crippen LogP contribution in [0, 0.1) is 11.3 Å². The average molecular weight is 514 g/mol. The molecule has 39 heavy (non-hydrogen) atoms. The van der Waals surface area contributed by atoms with Gasteiger partial charge in [-0.2, -0.15) is 5.26 Å². The largest absolute Gasteiger partial charge is 0.435 e. The van der Waals surface area contributed by atoms with Crippen molar-refractivity contribution in [1.29, 1.82) is 5.26 Å². The van der Waals surface area contributed by atoms with Crippen molar-refractivity contribution in [1.82, 2.24) is 24.8 Å². The molecule has 0 saturated carbocycles. The zero-order chi connectivity index (χ0) is 26.4. The monoisotopic (exact) mass is 513 g/mol. The third-order valence-electron chi connectivity index (χ3n) is 6.92. The summed E-state index contributed by atoms with van der Waals surface area (Å²) in [5, 5.41) is 12.5. The fourth-order valence-electron chi connectivity index (χ4n) is 4.88. The second kappa shape index (κ2) is 11.3. The Labute approximate surface area is 227 Å². The number of oxazole rings is 1. The van der Waals surface area contributed by atoms with Gasteiger partial charge in [0.05, 0.1) is 0 Å². The molecule has 0 atom stereocenters. The van der Waals surface area contributed by atoms with E-state index in [1.165, 1.54) is 5.56 Å². The van der Waals surface area contributed by atoms with Crippen LogP contribution in [0.1, 0.15) is 24.2 Å². The lowest BCUT2D eigenvalue weighted by atomic mass is 10.0. The minimum atomic E-state index is 0.191. The summed E-state index contributed by atoms with van der Waals surface area (Å²) in [6, 6.07) is 26.7. The quantitative estimate of drug-likeness (QED) is 0.291. The number of nitriles is 1. The highest BCUT2D eigenvalue weighted by Gasteiger charge is 2.21. The molecule has 1 aliphatic rings. The van der Waals surface area contributed by atoms with Crippen LogP contribution in [-0.4, -0.2) is 44.0 Å². The molecular formula is C31H27N7O. The predicted octanol–water partition coefficient (Wildman–Crippen LogP) is 5.81. The maximum atomic E-state index is 9.02. The van der Waals surface area contributed by atoms with Crippen LogP contribution in [0.5, 0.6) is 0 Å². The summed E-state index contributed by atoms with van der Waals surface area (Å²) in [5.41, 5.74) is 5.00. The van der Waals surface area contributed by atoms with E-state index in [1.807, 2.05) is 54.6 Å². The molecule has 3 aromatic heterocycles. The third-order valence-corrected chi connectivity index (χ3v) is 6.92. The number of anilines is 1. The first kappa shape index (κ1) is 24.5. The number of nitrogens with zero attached hydrogens (tertiary/aromatic N) is 6. The summed E-state index contributed by atoms with van der Waals surface area (Å²) in [4.78, 5) is 19.6. The van der Waals surface area contributed by atoms with E-state index in [9.17, 15) is 0 Å². The Kier molecular flexibility index (Phi) is 7.06. The van der Waals surface area contributed by atoms with Crippen LogP contribution in [0.25, 0.3) is 34.0 Å². The van der Waals surface area contributed by atoms with E-state index in [4.69, 9.17) is 14.7 Å². The van der Waals surface area contributed by atoms with Crippen LogP contribution < -0.4 is 5.32 Å². The van der Waals surface area contributed by atoms with Crippen molar-refractivity contribution in [3.8, 4) is 40.1 Å². The first-order valence-electron chi connectivity index (χ1n) is 13.0. The summed E-state index contributed by atoms with van der Waals surface area (Å²) in [7, 11) is 0. The highest BCUT2D eigenvalue weighted by molar-refractivity contribution is 5.79. The fourth-order valence-corrected chi connectivity index (χ4v) is 4.88. The van der Waals surface area contributed by atoms with Crippen molar-refractivity contribution in [2.24, 2.45) is 0 Å². The normalized spacial score (nSPS) is 14.1. The molecule has 1 fully saturated rings. The molecule has 192 valence electrons. The molecule has 0 aliphatic carbocycles. The molecular weight excluding hydrogens is 486 g/mol. The third kappa shape index (κ3) is 5.69. The van der Waals surface area contributed by atoms with E-state index in [2.05, 4.69) is 49.4 Å². The Hall–Kier alpha value is -4.87. The van der Waals surface area contributed by atoms with E-state index in [1.54, 1.807) is 18.6 Å². The molecule has 6 rings (SSSR count). The first-order chi connectivity index (χ1) is 19.2. The van der Waals surface area contributed by atoms with E-state index < -0.39 is 0 Å². The zero-order valence-corrected chi connectivity index (χ0v) is 21.4. The Morgan fingerprint density at radius 3 is 2.36 bits per heavy atom. The van der Waals surface area contributed by atoms with Gasteiger partial charge in [-0.05, 0) is 36.6 Å². The predicted molar refractivity (Wildman–Crippen MR) is 149 cm³/mol. The van der Waals surface area contributed by atoms with Crippen LogP contribution in [0.3, 0.4) is 0 Å². The Morgan fingerprint density at radius 1 is 0.846 bits per heavy atom. The number of piperidine rings is 1. The van der Waals surface area contributed by atoms with Gasteiger partial charge in [-0.15, -0.1) is 0 Å². The van der Waals surface area contributed by atoms with Gasteiger partial charge in [0.15, 0.2) is 5.76 Å². The molecule has 0 amide bonds. The first-order valence-corrected chi connectivity index (χ1v) is 13.0. The van der Waals surface area contributed by atoms with Gasteiger partial charge in [0.2, 0.25) is 11.7 Å². The van der Waals surface area contributed by atoms with Gasteiger partial charge in [-0.1, -0.05) is 54.6 Å². The standard InChI is InChI=1S/C31H27N7O/c32-20-28-34-17-12-27(36-28)35-26-13-18-38(19-14-26)21-22-6-8-23(9-7-22)29-30(24-4-2-1-3-5-24)39-31(37-29)25-10-15-33-16-11-25/h1-12,15-17,26H,13-14,18-19,21H2,(H,34,35,36). The second-order valence-electron chi connectivity index (χ2n) is 9.57. The fraction of sp³-hybridized carbons (Fsp3) is 0.194.